The van der Waals surface area contributed by atoms with Crippen molar-refractivity contribution in [3.63, 3.8) is 0 Å². The van der Waals surface area contributed by atoms with Gasteiger partial charge >= 0.3 is 6.03 Å². The van der Waals surface area contributed by atoms with Gasteiger partial charge in [-0.25, -0.2) is 4.79 Å². The molecule has 2 amide bonds. The lowest BCUT2D eigenvalue weighted by molar-refractivity contribution is 0.0260. The second kappa shape index (κ2) is 7.46. The van der Waals surface area contributed by atoms with E-state index >= 15 is 0 Å². The summed E-state index contributed by atoms with van der Waals surface area (Å²) in [6, 6.07) is -0.136. The van der Waals surface area contributed by atoms with Crippen LogP contribution in [0.3, 0.4) is 0 Å². The zero-order valence-electron chi connectivity index (χ0n) is 10.7. The number of nitrogens with one attached hydrogen (secondary N) is 1. The summed E-state index contributed by atoms with van der Waals surface area (Å²) in [4.78, 5) is 13.3. The van der Waals surface area contributed by atoms with Crippen molar-refractivity contribution in [2.45, 2.75) is 32.8 Å². The van der Waals surface area contributed by atoms with Crippen molar-refractivity contribution in [3.8, 4) is 0 Å². The highest BCUT2D eigenvalue weighted by molar-refractivity contribution is 5.74. The molecular weight excluding hydrogens is 208 g/mol. The predicted octanol–water partition coefficient (Wildman–Crippen LogP) is 0.825. The van der Waals surface area contributed by atoms with Crippen molar-refractivity contribution in [1.29, 1.82) is 0 Å². The van der Waals surface area contributed by atoms with E-state index in [0.717, 1.165) is 0 Å². The van der Waals surface area contributed by atoms with Crippen LogP contribution in [0.2, 0.25) is 0 Å². The lowest BCUT2D eigenvalue weighted by Gasteiger charge is -2.26. The molecule has 1 atom stereocenters. The van der Waals surface area contributed by atoms with Crippen molar-refractivity contribution in [2.24, 2.45) is 0 Å². The monoisotopic (exact) mass is 232 g/mol. The van der Waals surface area contributed by atoms with Gasteiger partial charge in [0.25, 0.3) is 0 Å². The molecule has 96 valence electrons. The Balaban J connectivity index is 3.97. The number of rotatable bonds is 7. The molecule has 0 aromatic rings. The van der Waals surface area contributed by atoms with Gasteiger partial charge in [0, 0.05) is 39.8 Å². The molecule has 5 nitrogen and oxygen atoms in total. The average Bonchev–Trinajstić information content (AvgIpc) is 2.25. The number of amides is 2. The molecule has 0 rings (SSSR count). The fourth-order valence-electron chi connectivity index (χ4n) is 1.30. The van der Waals surface area contributed by atoms with Gasteiger partial charge in [0.1, 0.15) is 0 Å². The molecule has 0 saturated heterocycles. The van der Waals surface area contributed by atoms with E-state index in [-0.39, 0.29) is 12.6 Å². The van der Waals surface area contributed by atoms with Crippen LogP contribution < -0.4 is 5.32 Å². The normalized spacial score (nSPS) is 14.3. The van der Waals surface area contributed by atoms with Crippen LogP contribution in [0.25, 0.3) is 0 Å². The van der Waals surface area contributed by atoms with Crippen LogP contribution in [0.4, 0.5) is 4.79 Å². The van der Waals surface area contributed by atoms with E-state index in [1.165, 1.54) is 0 Å². The summed E-state index contributed by atoms with van der Waals surface area (Å²) in [5.41, 5.74) is -0.918. The van der Waals surface area contributed by atoms with Gasteiger partial charge < -0.3 is 20.1 Å². The van der Waals surface area contributed by atoms with Crippen molar-refractivity contribution >= 4 is 6.03 Å². The zero-order chi connectivity index (χ0) is 12.6. The van der Waals surface area contributed by atoms with Crippen LogP contribution in [0.15, 0.2) is 0 Å². The molecule has 16 heavy (non-hydrogen) atoms. The summed E-state index contributed by atoms with van der Waals surface area (Å²) >= 11 is 0. The molecule has 2 N–H and O–H groups in total. The minimum atomic E-state index is -0.918. The highest BCUT2D eigenvalue weighted by Gasteiger charge is 2.21. The van der Waals surface area contributed by atoms with Crippen LogP contribution in [0, 0.1) is 0 Å². The van der Waals surface area contributed by atoms with Gasteiger partial charge in [0.15, 0.2) is 0 Å². The van der Waals surface area contributed by atoms with Crippen LogP contribution in [0.1, 0.15) is 27.2 Å². The van der Waals surface area contributed by atoms with E-state index in [2.05, 4.69) is 5.32 Å². The van der Waals surface area contributed by atoms with Gasteiger partial charge in [0.2, 0.25) is 0 Å². The molecule has 0 spiro atoms. The van der Waals surface area contributed by atoms with Gasteiger partial charge in [-0.2, -0.15) is 0 Å². The maximum Gasteiger partial charge on any atom is 0.317 e. The van der Waals surface area contributed by atoms with Crippen molar-refractivity contribution in [3.05, 3.63) is 0 Å². The molecule has 0 radical (unpaired) electrons. The molecule has 0 aromatic carbocycles. The van der Waals surface area contributed by atoms with E-state index in [4.69, 9.17) is 4.74 Å². The fraction of sp³-hybridized carbons (Fsp3) is 0.909. The summed E-state index contributed by atoms with van der Waals surface area (Å²) in [5.74, 6) is 0. The van der Waals surface area contributed by atoms with E-state index in [9.17, 15) is 9.90 Å². The van der Waals surface area contributed by atoms with Gasteiger partial charge in [-0.05, 0) is 20.8 Å². The number of hydrogen-bond acceptors (Lipinski definition) is 3. The molecule has 0 aliphatic rings. The van der Waals surface area contributed by atoms with E-state index in [1.807, 2.05) is 13.8 Å². The Morgan fingerprint density at radius 1 is 1.44 bits per heavy atom. The summed E-state index contributed by atoms with van der Waals surface area (Å²) in [6.45, 7) is 7.59. The van der Waals surface area contributed by atoms with Gasteiger partial charge in [-0.3, -0.25) is 0 Å². The molecule has 0 heterocycles. The molecule has 0 aromatic heterocycles. The molecular formula is C11H24N2O3. The predicted molar refractivity (Wildman–Crippen MR) is 63.4 cm³/mol. The maximum atomic E-state index is 11.6. The quantitative estimate of drug-likeness (QED) is 0.683. The average molecular weight is 232 g/mol. The minimum Gasteiger partial charge on any atom is -0.388 e. The molecule has 0 aliphatic heterocycles. The smallest absolute Gasteiger partial charge is 0.317 e. The molecule has 5 heteroatoms. The topological polar surface area (TPSA) is 61.8 Å². The van der Waals surface area contributed by atoms with E-state index < -0.39 is 5.60 Å². The number of urea groups is 1. The third-order valence-electron chi connectivity index (χ3n) is 2.52. The first-order valence-corrected chi connectivity index (χ1v) is 5.71. The van der Waals surface area contributed by atoms with Crippen molar-refractivity contribution in [1.82, 2.24) is 10.2 Å². The Morgan fingerprint density at radius 3 is 2.44 bits per heavy atom. The van der Waals surface area contributed by atoms with Crippen LogP contribution in [-0.2, 0) is 4.74 Å². The molecule has 1 unspecified atom stereocenters. The van der Waals surface area contributed by atoms with E-state index in [0.29, 0.717) is 26.1 Å². The Morgan fingerprint density at radius 2 is 2.00 bits per heavy atom. The Bertz CT molecular complexity index is 203. The maximum absolute atomic E-state index is 11.6. The number of aliphatic hydroxyl groups is 1. The highest BCUT2D eigenvalue weighted by atomic mass is 16.5. The summed E-state index contributed by atoms with van der Waals surface area (Å²) in [5, 5.41) is 12.6. The first-order valence-electron chi connectivity index (χ1n) is 5.71. The Labute approximate surface area is 97.8 Å². The molecule has 0 fully saturated rings. The third kappa shape index (κ3) is 5.92. The van der Waals surface area contributed by atoms with Crippen LogP contribution >= 0.6 is 0 Å². The number of nitrogens with zero attached hydrogens (tertiary/aromatic N) is 1. The number of carbonyl (C=O) groups is 1. The Hall–Kier alpha value is -0.810. The van der Waals surface area contributed by atoms with Crippen molar-refractivity contribution < 1.29 is 14.6 Å². The molecule has 0 aliphatic carbocycles. The summed E-state index contributed by atoms with van der Waals surface area (Å²) in [7, 11) is 1.59. The highest BCUT2D eigenvalue weighted by Crippen LogP contribution is 2.07. The SMILES string of the molecule is CCN(CC)C(=O)NCC(C)(O)CCOC. The summed E-state index contributed by atoms with van der Waals surface area (Å²) < 4.78 is 4.89. The van der Waals surface area contributed by atoms with Gasteiger partial charge in [-0.1, -0.05) is 0 Å². The van der Waals surface area contributed by atoms with Crippen LogP contribution in [-0.4, -0.2) is 55.0 Å². The second-order valence-electron chi connectivity index (χ2n) is 4.07. The van der Waals surface area contributed by atoms with Gasteiger partial charge in [-0.15, -0.1) is 0 Å². The molecule has 0 bridgehead atoms. The third-order valence-corrected chi connectivity index (χ3v) is 2.52. The second-order valence-corrected chi connectivity index (χ2v) is 4.07. The largest absolute Gasteiger partial charge is 0.388 e. The summed E-state index contributed by atoms with van der Waals surface area (Å²) in [6.07, 6.45) is 0.502. The number of carbonyl (C=O) groups excluding carboxylic acids is 1. The van der Waals surface area contributed by atoms with Crippen LogP contribution in [0.5, 0.6) is 0 Å². The first kappa shape index (κ1) is 15.2. The first-order chi connectivity index (χ1) is 7.46. The minimum absolute atomic E-state index is 0.136. The Kier molecular flexibility index (Phi) is 7.08. The van der Waals surface area contributed by atoms with Gasteiger partial charge in [0.05, 0.1) is 5.60 Å². The lowest BCUT2D eigenvalue weighted by atomic mass is 10.0. The number of hydrogen-bond donors (Lipinski definition) is 2. The number of methoxy groups -OCH3 is 1. The lowest BCUT2D eigenvalue weighted by Crippen LogP contribution is -2.46. The van der Waals surface area contributed by atoms with Crippen molar-refractivity contribution in [2.75, 3.05) is 33.4 Å². The zero-order valence-corrected chi connectivity index (χ0v) is 10.7. The standard InChI is InChI=1S/C11H24N2O3/c1-5-13(6-2)10(14)12-9-11(3,15)7-8-16-4/h15H,5-9H2,1-4H3,(H,12,14). The molecule has 0 saturated carbocycles. The van der Waals surface area contributed by atoms with E-state index in [1.54, 1.807) is 18.9 Å². The fourth-order valence-corrected chi connectivity index (χ4v) is 1.30. The number of ether oxygens (including phenoxy) is 1.